The van der Waals surface area contributed by atoms with Gasteiger partial charge in [0.05, 0.1) is 0 Å². The number of nitrogens with zero attached hydrogens (tertiary/aromatic N) is 1. The number of aryl methyl sites for hydroxylation is 1. The van der Waals surface area contributed by atoms with Crippen LogP contribution in [0.5, 0.6) is 5.88 Å². The fourth-order valence-electron chi connectivity index (χ4n) is 1.57. The summed E-state index contributed by atoms with van der Waals surface area (Å²) in [6.07, 6.45) is 1.84. The summed E-state index contributed by atoms with van der Waals surface area (Å²) in [5, 5.41) is 0.819. The summed E-state index contributed by atoms with van der Waals surface area (Å²) in [4.78, 5) is 4.31. The summed E-state index contributed by atoms with van der Waals surface area (Å²) in [5.74, 6) is 0.707. The Balaban J connectivity index is 2.04. The lowest BCUT2D eigenvalue weighted by atomic mass is 10.2. The van der Waals surface area contributed by atoms with Crippen molar-refractivity contribution in [1.82, 2.24) is 4.98 Å². The van der Waals surface area contributed by atoms with Gasteiger partial charge in [0, 0.05) is 17.1 Å². The number of aromatic nitrogens is 1. The van der Waals surface area contributed by atoms with Gasteiger partial charge < -0.3 is 4.74 Å². The van der Waals surface area contributed by atoms with Gasteiger partial charge in [-0.15, -0.1) is 0 Å². The lowest BCUT2D eigenvalue weighted by Crippen LogP contribution is -1.99. The van der Waals surface area contributed by atoms with Crippen LogP contribution in [0.4, 0.5) is 0 Å². The number of hydrogen-bond acceptors (Lipinski definition) is 2. The van der Waals surface area contributed by atoms with Crippen molar-refractivity contribution in [2.45, 2.75) is 18.9 Å². The zero-order chi connectivity index (χ0) is 12.1. The second-order valence-corrected chi connectivity index (χ2v) is 4.43. The van der Waals surface area contributed by atoms with Crippen molar-refractivity contribution in [2.24, 2.45) is 0 Å². The molecule has 0 amide bonds. The van der Waals surface area contributed by atoms with E-state index < -0.39 is 0 Å². The van der Waals surface area contributed by atoms with E-state index in [1.807, 2.05) is 43.5 Å². The van der Waals surface area contributed by atoms with E-state index in [-0.39, 0.29) is 0 Å². The summed E-state index contributed by atoms with van der Waals surface area (Å²) in [6.45, 7) is 2.57. The van der Waals surface area contributed by atoms with E-state index in [9.17, 15) is 0 Å². The molecule has 0 bridgehead atoms. The predicted octanol–water partition coefficient (Wildman–Crippen LogP) is 3.86. The smallest absolute Gasteiger partial charge is 0.216 e. The molecule has 0 unspecified atom stereocenters. The molecule has 2 aromatic rings. The Labute approximate surface area is 110 Å². The summed E-state index contributed by atoms with van der Waals surface area (Å²) in [7, 11) is 0. The first-order valence-electron chi connectivity index (χ1n) is 5.48. The van der Waals surface area contributed by atoms with E-state index in [0.29, 0.717) is 12.5 Å². The van der Waals surface area contributed by atoms with Gasteiger partial charge in [-0.2, -0.15) is 0 Å². The van der Waals surface area contributed by atoms with E-state index in [1.54, 1.807) is 0 Å². The number of ether oxygens (including phenoxy) is 1. The average molecular weight is 292 g/mol. The highest BCUT2D eigenvalue weighted by Gasteiger charge is 2.02. The van der Waals surface area contributed by atoms with Crippen molar-refractivity contribution in [3.8, 4) is 5.88 Å². The van der Waals surface area contributed by atoms with Crippen LogP contribution in [0, 0.1) is 6.92 Å². The minimum atomic E-state index is 0.558. The quantitative estimate of drug-likeness (QED) is 0.798. The molecule has 1 aromatic carbocycles. The molecular formula is C14H14BrNO. The second-order valence-electron chi connectivity index (χ2n) is 3.87. The molecule has 2 rings (SSSR count). The maximum atomic E-state index is 5.70. The molecule has 0 aliphatic heterocycles. The SMILES string of the molecule is Cc1cc(CBr)cnc1OCc1ccccc1. The first-order valence-corrected chi connectivity index (χ1v) is 6.60. The van der Waals surface area contributed by atoms with Crippen molar-refractivity contribution in [1.29, 1.82) is 0 Å². The topological polar surface area (TPSA) is 22.1 Å². The molecule has 0 spiro atoms. The van der Waals surface area contributed by atoms with Crippen LogP contribution in [0.3, 0.4) is 0 Å². The molecule has 88 valence electrons. The molecule has 17 heavy (non-hydrogen) atoms. The Morgan fingerprint density at radius 1 is 1.18 bits per heavy atom. The number of hydrogen-bond donors (Lipinski definition) is 0. The van der Waals surface area contributed by atoms with E-state index in [0.717, 1.165) is 22.0 Å². The molecule has 0 fully saturated rings. The molecule has 1 aromatic heterocycles. The number of rotatable bonds is 4. The van der Waals surface area contributed by atoms with Gasteiger partial charge in [0.1, 0.15) is 6.61 Å². The summed E-state index contributed by atoms with van der Waals surface area (Å²) >= 11 is 3.41. The second kappa shape index (κ2) is 5.82. The first-order chi connectivity index (χ1) is 8.29. The highest BCUT2D eigenvalue weighted by atomic mass is 79.9. The van der Waals surface area contributed by atoms with Crippen LogP contribution in [-0.4, -0.2) is 4.98 Å². The van der Waals surface area contributed by atoms with Crippen LogP contribution in [0.1, 0.15) is 16.7 Å². The van der Waals surface area contributed by atoms with Crippen LogP contribution >= 0.6 is 15.9 Å². The van der Waals surface area contributed by atoms with Gasteiger partial charge in [-0.3, -0.25) is 0 Å². The summed E-state index contributed by atoms with van der Waals surface area (Å²) < 4.78 is 5.70. The minimum Gasteiger partial charge on any atom is -0.473 e. The Hall–Kier alpha value is -1.35. The molecule has 0 atom stereocenters. The highest BCUT2D eigenvalue weighted by molar-refractivity contribution is 9.08. The van der Waals surface area contributed by atoms with Gasteiger partial charge in [-0.1, -0.05) is 46.3 Å². The third-order valence-electron chi connectivity index (χ3n) is 2.46. The van der Waals surface area contributed by atoms with E-state index in [2.05, 4.69) is 27.0 Å². The van der Waals surface area contributed by atoms with Gasteiger partial charge in [0.15, 0.2) is 0 Å². The average Bonchev–Trinajstić information content (AvgIpc) is 2.38. The van der Waals surface area contributed by atoms with Crippen LogP contribution < -0.4 is 4.74 Å². The Kier molecular flexibility index (Phi) is 4.15. The molecular weight excluding hydrogens is 278 g/mol. The molecule has 0 aliphatic rings. The van der Waals surface area contributed by atoms with Gasteiger partial charge in [-0.25, -0.2) is 4.98 Å². The molecule has 0 aliphatic carbocycles. The standard InChI is InChI=1S/C14H14BrNO/c1-11-7-13(8-15)9-16-14(11)17-10-12-5-3-2-4-6-12/h2-7,9H,8,10H2,1H3. The molecule has 0 saturated carbocycles. The fourth-order valence-corrected chi connectivity index (χ4v) is 1.88. The number of alkyl halides is 1. The molecule has 0 radical (unpaired) electrons. The maximum Gasteiger partial charge on any atom is 0.216 e. The van der Waals surface area contributed by atoms with Crippen LogP contribution in [0.15, 0.2) is 42.6 Å². The minimum absolute atomic E-state index is 0.558. The maximum absolute atomic E-state index is 5.70. The van der Waals surface area contributed by atoms with Crippen molar-refractivity contribution in [3.05, 3.63) is 59.3 Å². The zero-order valence-electron chi connectivity index (χ0n) is 9.69. The molecule has 0 saturated heterocycles. The van der Waals surface area contributed by atoms with Gasteiger partial charge in [0.25, 0.3) is 0 Å². The first kappa shape index (κ1) is 12.1. The van der Waals surface area contributed by atoms with Crippen LogP contribution in [0.2, 0.25) is 0 Å². The third kappa shape index (κ3) is 3.30. The molecule has 2 nitrogen and oxygen atoms in total. The number of pyridine rings is 1. The van der Waals surface area contributed by atoms with E-state index in [4.69, 9.17) is 4.74 Å². The summed E-state index contributed by atoms with van der Waals surface area (Å²) in [5.41, 5.74) is 3.38. The predicted molar refractivity (Wildman–Crippen MR) is 72.4 cm³/mol. The summed E-state index contributed by atoms with van der Waals surface area (Å²) in [6, 6.07) is 12.2. The third-order valence-corrected chi connectivity index (χ3v) is 3.11. The largest absolute Gasteiger partial charge is 0.473 e. The van der Waals surface area contributed by atoms with Crippen molar-refractivity contribution in [3.63, 3.8) is 0 Å². The van der Waals surface area contributed by atoms with Crippen molar-refractivity contribution in [2.75, 3.05) is 0 Å². The van der Waals surface area contributed by atoms with Gasteiger partial charge >= 0.3 is 0 Å². The lowest BCUT2D eigenvalue weighted by molar-refractivity contribution is 0.291. The Morgan fingerprint density at radius 3 is 2.59 bits per heavy atom. The van der Waals surface area contributed by atoms with Crippen LogP contribution in [0.25, 0.3) is 0 Å². The van der Waals surface area contributed by atoms with Gasteiger partial charge in [-0.05, 0) is 24.1 Å². The highest BCUT2D eigenvalue weighted by Crippen LogP contribution is 2.18. The van der Waals surface area contributed by atoms with E-state index >= 15 is 0 Å². The van der Waals surface area contributed by atoms with Crippen LogP contribution in [-0.2, 0) is 11.9 Å². The molecule has 3 heteroatoms. The monoisotopic (exact) mass is 291 g/mol. The molecule has 0 N–H and O–H groups in total. The number of halogens is 1. The number of benzene rings is 1. The Bertz CT molecular complexity index is 485. The molecule has 1 heterocycles. The lowest BCUT2D eigenvalue weighted by Gasteiger charge is -2.08. The normalized spacial score (nSPS) is 10.2. The van der Waals surface area contributed by atoms with Gasteiger partial charge in [0.2, 0.25) is 5.88 Å². The van der Waals surface area contributed by atoms with Crippen molar-refractivity contribution >= 4 is 15.9 Å². The van der Waals surface area contributed by atoms with E-state index in [1.165, 1.54) is 0 Å². The van der Waals surface area contributed by atoms with Crippen molar-refractivity contribution < 1.29 is 4.74 Å². The fraction of sp³-hybridized carbons (Fsp3) is 0.214. The Morgan fingerprint density at radius 2 is 1.94 bits per heavy atom. The zero-order valence-corrected chi connectivity index (χ0v) is 11.3.